The van der Waals surface area contributed by atoms with E-state index >= 15 is 0 Å². The van der Waals surface area contributed by atoms with Gasteiger partial charge in [0.2, 0.25) is 5.91 Å². The summed E-state index contributed by atoms with van der Waals surface area (Å²) in [6, 6.07) is 13.4. The summed E-state index contributed by atoms with van der Waals surface area (Å²) in [4.78, 5) is 66.8. The van der Waals surface area contributed by atoms with Crippen LogP contribution >= 0.6 is 12.6 Å². The molecule has 2 aromatic carbocycles. The zero-order valence-electron chi connectivity index (χ0n) is 22.9. The number of ketones is 1. The number of unbranched alkanes of at least 4 members (excludes halogenated alkanes) is 1. The van der Waals surface area contributed by atoms with Crippen LogP contribution in [-0.2, 0) is 27.3 Å². The van der Waals surface area contributed by atoms with E-state index in [0.717, 1.165) is 11.1 Å². The average Bonchev–Trinajstić information content (AvgIpc) is 3.07. The van der Waals surface area contributed by atoms with Gasteiger partial charge < -0.3 is 10.0 Å². The van der Waals surface area contributed by atoms with Crippen molar-refractivity contribution < 1.29 is 29.1 Å². The average molecular weight is 565 g/mol. The molecule has 0 radical (unpaired) electrons. The minimum atomic E-state index is -1.04. The molecule has 1 unspecified atom stereocenters. The van der Waals surface area contributed by atoms with Crippen LogP contribution in [0.25, 0.3) is 0 Å². The third-order valence-corrected chi connectivity index (χ3v) is 8.27. The number of rotatable bonds is 12. The fourth-order valence-electron chi connectivity index (χ4n) is 5.58. The molecular weight excluding hydrogens is 528 g/mol. The lowest BCUT2D eigenvalue weighted by Crippen LogP contribution is -2.47. The molecule has 0 aromatic heterocycles. The number of carboxylic acids is 1. The molecule has 1 N–H and O–H groups in total. The highest BCUT2D eigenvalue weighted by Gasteiger charge is 2.38. The molecule has 4 rings (SSSR count). The van der Waals surface area contributed by atoms with E-state index in [1.165, 1.54) is 9.80 Å². The second kappa shape index (κ2) is 12.8. The van der Waals surface area contributed by atoms with Crippen LogP contribution < -0.4 is 0 Å². The number of thiol groups is 1. The zero-order chi connectivity index (χ0) is 29.0. The maximum Gasteiger partial charge on any atom is 0.326 e. The number of hydrogen-bond acceptors (Lipinski definition) is 6. The lowest BCUT2D eigenvalue weighted by molar-refractivity contribution is -0.153. The summed E-state index contributed by atoms with van der Waals surface area (Å²) >= 11 is 4.52. The minimum absolute atomic E-state index is 0.0236. The molecule has 2 aliphatic rings. The van der Waals surface area contributed by atoms with Crippen molar-refractivity contribution in [2.75, 3.05) is 6.54 Å². The minimum Gasteiger partial charge on any atom is -0.480 e. The van der Waals surface area contributed by atoms with Crippen LogP contribution in [0.5, 0.6) is 0 Å². The van der Waals surface area contributed by atoms with Crippen molar-refractivity contribution in [2.45, 2.75) is 70.2 Å². The Morgan fingerprint density at radius 2 is 1.55 bits per heavy atom. The molecule has 2 aliphatic heterocycles. The van der Waals surface area contributed by atoms with Crippen LogP contribution in [-0.4, -0.2) is 62.2 Å². The van der Waals surface area contributed by atoms with Gasteiger partial charge in [0.1, 0.15) is 11.8 Å². The van der Waals surface area contributed by atoms with Gasteiger partial charge in [-0.1, -0.05) is 56.7 Å². The molecule has 40 heavy (non-hydrogen) atoms. The van der Waals surface area contributed by atoms with Crippen molar-refractivity contribution >= 4 is 42.1 Å². The smallest absolute Gasteiger partial charge is 0.326 e. The van der Waals surface area contributed by atoms with Crippen LogP contribution in [0.1, 0.15) is 77.8 Å². The quantitative estimate of drug-likeness (QED) is 0.224. The number of imide groups is 1. The largest absolute Gasteiger partial charge is 0.480 e. The summed E-state index contributed by atoms with van der Waals surface area (Å²) in [6.45, 7) is 4.31. The second-order valence-electron chi connectivity index (χ2n) is 11.1. The number of benzene rings is 2. The van der Waals surface area contributed by atoms with Crippen LogP contribution in [0, 0.1) is 11.8 Å². The summed E-state index contributed by atoms with van der Waals surface area (Å²) in [5, 5.41) is 9.35. The van der Waals surface area contributed by atoms with Crippen LogP contribution in [0.3, 0.4) is 0 Å². The standard InChI is InChI=1S/C31H36N2O6S/c1-19(2)15-25(31(38)39)33-18-21-10-4-3-9-20(21)16-22(28(33)35)17-26(34)27(40)13-7-8-14-32-29(36)23-11-5-6-12-24(23)30(32)37/h3-6,9-12,19,22,25,27,40H,7-8,13-18H2,1-2H3,(H,38,39)/t22-,25+,27?/m1/s1. The summed E-state index contributed by atoms with van der Waals surface area (Å²) in [7, 11) is 0. The summed E-state index contributed by atoms with van der Waals surface area (Å²) in [5.74, 6) is -2.72. The molecule has 212 valence electrons. The normalized spacial score (nSPS) is 18.4. The fraction of sp³-hybridized carbons (Fsp3) is 0.452. The van der Waals surface area contributed by atoms with E-state index in [4.69, 9.17) is 0 Å². The first-order valence-corrected chi connectivity index (χ1v) is 14.4. The van der Waals surface area contributed by atoms with E-state index in [1.54, 1.807) is 24.3 Å². The van der Waals surface area contributed by atoms with E-state index < -0.39 is 23.2 Å². The number of fused-ring (bicyclic) bond motifs is 2. The number of amides is 3. The Morgan fingerprint density at radius 3 is 2.15 bits per heavy atom. The lowest BCUT2D eigenvalue weighted by Gasteiger charge is -2.31. The molecule has 3 amide bonds. The van der Waals surface area contributed by atoms with Gasteiger partial charge >= 0.3 is 5.97 Å². The first-order chi connectivity index (χ1) is 19.1. The Balaban J connectivity index is 1.37. The molecule has 2 aromatic rings. The van der Waals surface area contributed by atoms with E-state index in [-0.39, 0.29) is 48.9 Å². The number of nitrogens with zero attached hydrogens (tertiary/aromatic N) is 2. The highest BCUT2D eigenvalue weighted by Crippen LogP contribution is 2.29. The predicted octanol–water partition coefficient (Wildman–Crippen LogP) is 4.41. The van der Waals surface area contributed by atoms with E-state index in [0.29, 0.717) is 43.2 Å². The Labute approximate surface area is 240 Å². The maximum absolute atomic E-state index is 13.7. The molecule has 8 nitrogen and oxygen atoms in total. The molecular formula is C31H36N2O6S. The van der Waals surface area contributed by atoms with Crippen LogP contribution in [0.2, 0.25) is 0 Å². The number of aliphatic carboxylic acids is 1. The summed E-state index contributed by atoms with van der Waals surface area (Å²) in [6.07, 6.45) is 2.23. The zero-order valence-corrected chi connectivity index (χ0v) is 23.8. The number of Topliss-reactive ketones (excluding diaryl/α,β-unsaturated/α-hetero) is 1. The topological polar surface area (TPSA) is 112 Å². The van der Waals surface area contributed by atoms with E-state index in [9.17, 15) is 29.1 Å². The number of carboxylic acid groups (broad SMARTS) is 1. The maximum atomic E-state index is 13.7. The highest BCUT2D eigenvalue weighted by atomic mass is 32.1. The van der Waals surface area contributed by atoms with E-state index in [1.807, 2.05) is 38.1 Å². The van der Waals surface area contributed by atoms with Gasteiger partial charge in [-0.25, -0.2) is 4.79 Å². The molecule has 0 saturated carbocycles. The number of hydrogen-bond donors (Lipinski definition) is 2. The van der Waals surface area contributed by atoms with E-state index in [2.05, 4.69) is 12.6 Å². The van der Waals surface area contributed by atoms with Gasteiger partial charge in [-0.3, -0.25) is 24.1 Å². The third kappa shape index (κ3) is 6.46. The fourth-order valence-corrected chi connectivity index (χ4v) is 5.87. The van der Waals surface area contributed by atoms with Gasteiger partial charge in [0.05, 0.1) is 16.4 Å². The number of carbonyl (C=O) groups excluding carboxylic acids is 4. The molecule has 0 bridgehead atoms. The van der Waals surface area contributed by atoms with Gasteiger partial charge in [-0.2, -0.15) is 12.6 Å². The Hall–Kier alpha value is -3.46. The molecule has 9 heteroatoms. The van der Waals surface area contributed by atoms with Gasteiger partial charge in [-0.05, 0) is 54.9 Å². The van der Waals surface area contributed by atoms with Crippen molar-refractivity contribution in [2.24, 2.45) is 11.8 Å². The van der Waals surface area contributed by atoms with Crippen molar-refractivity contribution in [3.8, 4) is 0 Å². The van der Waals surface area contributed by atoms with Gasteiger partial charge in [0.15, 0.2) is 0 Å². The van der Waals surface area contributed by atoms with Crippen molar-refractivity contribution in [3.05, 3.63) is 70.8 Å². The summed E-state index contributed by atoms with van der Waals surface area (Å²) in [5.41, 5.74) is 2.67. The Bertz CT molecular complexity index is 1270. The molecule has 0 fully saturated rings. The Morgan fingerprint density at radius 1 is 0.950 bits per heavy atom. The van der Waals surface area contributed by atoms with Gasteiger partial charge in [-0.15, -0.1) is 0 Å². The van der Waals surface area contributed by atoms with Gasteiger partial charge in [0, 0.05) is 25.4 Å². The van der Waals surface area contributed by atoms with Crippen molar-refractivity contribution in [3.63, 3.8) is 0 Å². The molecule has 2 heterocycles. The van der Waals surface area contributed by atoms with Crippen LogP contribution in [0.15, 0.2) is 48.5 Å². The second-order valence-corrected chi connectivity index (χ2v) is 11.7. The molecule has 0 aliphatic carbocycles. The van der Waals surface area contributed by atoms with Gasteiger partial charge in [0.25, 0.3) is 11.8 Å². The van der Waals surface area contributed by atoms with Crippen molar-refractivity contribution in [1.82, 2.24) is 9.80 Å². The first-order valence-electron chi connectivity index (χ1n) is 13.8. The molecule has 0 saturated heterocycles. The highest BCUT2D eigenvalue weighted by molar-refractivity contribution is 7.81. The van der Waals surface area contributed by atoms with Crippen LogP contribution in [0.4, 0.5) is 0 Å². The lowest BCUT2D eigenvalue weighted by atomic mass is 9.91. The number of carbonyl (C=O) groups is 5. The third-order valence-electron chi connectivity index (χ3n) is 7.72. The monoisotopic (exact) mass is 564 g/mol. The molecule has 3 atom stereocenters. The summed E-state index contributed by atoms with van der Waals surface area (Å²) < 4.78 is 0. The Kier molecular flexibility index (Phi) is 9.45. The van der Waals surface area contributed by atoms with Crippen molar-refractivity contribution in [1.29, 1.82) is 0 Å². The first kappa shape index (κ1) is 29.5. The predicted molar refractivity (Wildman–Crippen MR) is 153 cm³/mol. The SMILES string of the molecule is CC(C)C[C@@H](C(=O)O)N1Cc2ccccc2C[C@H](CC(=O)C(S)CCCCN2C(=O)c3ccccc3C2=O)C1=O. The molecule has 0 spiro atoms.